The van der Waals surface area contributed by atoms with E-state index >= 15 is 0 Å². The van der Waals surface area contributed by atoms with E-state index in [-0.39, 0.29) is 5.91 Å². The molecule has 26 heavy (non-hydrogen) atoms. The summed E-state index contributed by atoms with van der Waals surface area (Å²) in [5, 5.41) is 6.24. The van der Waals surface area contributed by atoms with E-state index in [9.17, 15) is 4.79 Å². The molecule has 0 atom stereocenters. The van der Waals surface area contributed by atoms with Crippen molar-refractivity contribution in [2.75, 3.05) is 42.3 Å². The van der Waals surface area contributed by atoms with Crippen molar-refractivity contribution in [1.29, 1.82) is 0 Å². The zero-order valence-electron chi connectivity index (χ0n) is 16.1. The summed E-state index contributed by atoms with van der Waals surface area (Å²) < 4.78 is 5.19. The first-order valence-electron chi connectivity index (χ1n) is 9.10. The summed E-state index contributed by atoms with van der Waals surface area (Å²) >= 11 is 0. The summed E-state index contributed by atoms with van der Waals surface area (Å²) in [5.41, 5.74) is 4.07. The minimum Gasteiger partial charge on any atom is -0.497 e. The zero-order valence-corrected chi connectivity index (χ0v) is 16.1. The van der Waals surface area contributed by atoms with E-state index in [1.807, 2.05) is 37.3 Å². The molecule has 0 unspecified atom stereocenters. The Kier molecular flexibility index (Phi) is 7.33. The Morgan fingerprint density at radius 3 is 2.54 bits per heavy atom. The third kappa shape index (κ3) is 5.41. The maximum absolute atomic E-state index is 12.2. The van der Waals surface area contributed by atoms with Gasteiger partial charge >= 0.3 is 0 Å². The van der Waals surface area contributed by atoms with Gasteiger partial charge in [0.2, 0.25) is 5.91 Å². The van der Waals surface area contributed by atoms with Crippen molar-refractivity contribution < 1.29 is 9.53 Å². The third-order valence-corrected chi connectivity index (χ3v) is 4.36. The lowest BCUT2D eigenvalue weighted by molar-refractivity contribution is -0.115. The van der Waals surface area contributed by atoms with Crippen LogP contribution in [0.1, 0.15) is 25.8 Å². The van der Waals surface area contributed by atoms with Crippen molar-refractivity contribution in [3.8, 4) is 5.75 Å². The van der Waals surface area contributed by atoms with Crippen molar-refractivity contribution in [2.45, 2.75) is 27.2 Å². The molecular formula is C21H29N3O2. The van der Waals surface area contributed by atoms with Gasteiger partial charge in [0.25, 0.3) is 0 Å². The summed E-state index contributed by atoms with van der Waals surface area (Å²) in [4.78, 5) is 14.5. The van der Waals surface area contributed by atoms with E-state index in [2.05, 4.69) is 41.5 Å². The van der Waals surface area contributed by atoms with E-state index in [1.165, 1.54) is 5.69 Å². The van der Waals surface area contributed by atoms with Crippen LogP contribution in [0.2, 0.25) is 0 Å². The number of amides is 1. The largest absolute Gasteiger partial charge is 0.497 e. The summed E-state index contributed by atoms with van der Waals surface area (Å²) in [5.74, 6) is 0.794. The minimum absolute atomic E-state index is 0.000847. The SMILES string of the molecule is CCN(CC)c1ccc(NC(=O)CCNc2cccc(OC)c2)c(C)c1. The number of nitrogens with one attached hydrogen (secondary N) is 2. The van der Waals surface area contributed by atoms with E-state index in [0.29, 0.717) is 13.0 Å². The zero-order chi connectivity index (χ0) is 18.9. The number of benzene rings is 2. The number of hydrogen-bond acceptors (Lipinski definition) is 4. The van der Waals surface area contributed by atoms with Gasteiger partial charge in [0.05, 0.1) is 7.11 Å². The quantitative estimate of drug-likeness (QED) is 0.704. The van der Waals surface area contributed by atoms with Gasteiger partial charge in [0.15, 0.2) is 0 Å². The topological polar surface area (TPSA) is 53.6 Å². The molecule has 0 aromatic heterocycles. The van der Waals surface area contributed by atoms with Crippen molar-refractivity contribution in [3.63, 3.8) is 0 Å². The average Bonchev–Trinajstić information content (AvgIpc) is 2.65. The number of anilines is 3. The van der Waals surface area contributed by atoms with Gasteiger partial charge in [-0.3, -0.25) is 4.79 Å². The highest BCUT2D eigenvalue weighted by molar-refractivity contribution is 5.92. The fourth-order valence-electron chi connectivity index (χ4n) is 2.84. The minimum atomic E-state index is -0.000847. The lowest BCUT2D eigenvalue weighted by Crippen LogP contribution is -2.22. The van der Waals surface area contributed by atoms with Crippen LogP contribution in [-0.2, 0) is 4.79 Å². The number of aryl methyl sites for hydroxylation is 1. The number of carbonyl (C=O) groups is 1. The second-order valence-electron chi connectivity index (χ2n) is 6.13. The van der Waals surface area contributed by atoms with Crippen LogP contribution in [0, 0.1) is 6.92 Å². The number of hydrogen-bond donors (Lipinski definition) is 2. The standard InChI is InChI=1S/C21H29N3O2/c1-5-24(6-2)18-10-11-20(16(3)14-18)23-21(25)12-13-22-17-8-7-9-19(15-17)26-4/h7-11,14-15,22H,5-6,12-13H2,1-4H3,(H,23,25). The lowest BCUT2D eigenvalue weighted by atomic mass is 10.1. The Labute approximate surface area is 156 Å². The molecule has 140 valence electrons. The molecule has 5 nitrogen and oxygen atoms in total. The number of ether oxygens (including phenoxy) is 1. The molecule has 0 aliphatic carbocycles. The molecule has 0 heterocycles. The Morgan fingerprint density at radius 2 is 1.88 bits per heavy atom. The van der Waals surface area contributed by atoms with Gasteiger partial charge in [-0.2, -0.15) is 0 Å². The van der Waals surface area contributed by atoms with Gasteiger partial charge in [-0.1, -0.05) is 6.07 Å². The van der Waals surface area contributed by atoms with Crippen LogP contribution in [0.4, 0.5) is 17.1 Å². The smallest absolute Gasteiger partial charge is 0.226 e. The highest BCUT2D eigenvalue weighted by atomic mass is 16.5. The monoisotopic (exact) mass is 355 g/mol. The van der Waals surface area contributed by atoms with Gasteiger partial charge in [-0.15, -0.1) is 0 Å². The third-order valence-electron chi connectivity index (χ3n) is 4.36. The molecule has 2 N–H and O–H groups in total. The number of nitrogens with zero attached hydrogens (tertiary/aromatic N) is 1. The van der Waals surface area contributed by atoms with Crippen molar-refractivity contribution in [3.05, 3.63) is 48.0 Å². The first kappa shape index (κ1) is 19.6. The molecule has 0 aliphatic heterocycles. The van der Waals surface area contributed by atoms with Gasteiger partial charge in [0.1, 0.15) is 5.75 Å². The van der Waals surface area contributed by atoms with Crippen LogP contribution >= 0.6 is 0 Å². The average molecular weight is 355 g/mol. The molecule has 0 radical (unpaired) electrons. The van der Waals surface area contributed by atoms with Gasteiger partial charge in [-0.05, 0) is 56.7 Å². The van der Waals surface area contributed by atoms with E-state index in [1.54, 1.807) is 7.11 Å². The van der Waals surface area contributed by atoms with Crippen LogP contribution in [0.5, 0.6) is 5.75 Å². The molecule has 2 aromatic carbocycles. The maximum Gasteiger partial charge on any atom is 0.226 e. The highest BCUT2D eigenvalue weighted by Gasteiger charge is 2.08. The van der Waals surface area contributed by atoms with E-state index in [0.717, 1.165) is 35.8 Å². The van der Waals surface area contributed by atoms with Crippen LogP contribution in [-0.4, -0.2) is 32.7 Å². The highest BCUT2D eigenvalue weighted by Crippen LogP contribution is 2.23. The predicted molar refractivity (Wildman–Crippen MR) is 109 cm³/mol. The Hall–Kier alpha value is -2.69. The van der Waals surface area contributed by atoms with Crippen molar-refractivity contribution in [2.24, 2.45) is 0 Å². The fraction of sp³-hybridized carbons (Fsp3) is 0.381. The molecule has 1 amide bonds. The van der Waals surface area contributed by atoms with Gasteiger partial charge in [-0.25, -0.2) is 0 Å². The van der Waals surface area contributed by atoms with Crippen LogP contribution < -0.4 is 20.3 Å². The molecular weight excluding hydrogens is 326 g/mol. The second-order valence-corrected chi connectivity index (χ2v) is 6.13. The summed E-state index contributed by atoms with van der Waals surface area (Å²) in [7, 11) is 1.64. The molecule has 0 bridgehead atoms. The number of carbonyl (C=O) groups excluding carboxylic acids is 1. The molecule has 2 rings (SSSR count). The van der Waals surface area contributed by atoms with Crippen LogP contribution in [0.15, 0.2) is 42.5 Å². The van der Waals surface area contributed by atoms with Crippen molar-refractivity contribution >= 4 is 23.0 Å². The van der Waals surface area contributed by atoms with Gasteiger partial charge in [0, 0.05) is 49.2 Å². The second kappa shape index (κ2) is 9.70. The van der Waals surface area contributed by atoms with E-state index in [4.69, 9.17) is 4.74 Å². The molecule has 5 heteroatoms. The van der Waals surface area contributed by atoms with Crippen LogP contribution in [0.3, 0.4) is 0 Å². The molecule has 0 spiro atoms. The Morgan fingerprint density at radius 1 is 1.12 bits per heavy atom. The Bertz CT molecular complexity index is 727. The summed E-state index contributed by atoms with van der Waals surface area (Å²) in [6, 6.07) is 13.8. The van der Waals surface area contributed by atoms with E-state index < -0.39 is 0 Å². The molecule has 2 aromatic rings. The first-order valence-corrected chi connectivity index (χ1v) is 9.10. The van der Waals surface area contributed by atoms with Gasteiger partial charge < -0.3 is 20.3 Å². The fourth-order valence-corrected chi connectivity index (χ4v) is 2.84. The summed E-state index contributed by atoms with van der Waals surface area (Å²) in [6.45, 7) is 8.82. The maximum atomic E-state index is 12.2. The Balaban J connectivity index is 1.87. The number of rotatable bonds is 9. The molecule has 0 fully saturated rings. The molecule has 0 saturated heterocycles. The lowest BCUT2D eigenvalue weighted by Gasteiger charge is -2.22. The summed E-state index contributed by atoms with van der Waals surface area (Å²) in [6.07, 6.45) is 0.397. The normalized spacial score (nSPS) is 10.3. The van der Waals surface area contributed by atoms with Crippen LogP contribution in [0.25, 0.3) is 0 Å². The van der Waals surface area contributed by atoms with Crippen molar-refractivity contribution in [1.82, 2.24) is 0 Å². The molecule has 0 saturated carbocycles. The predicted octanol–water partition coefficient (Wildman–Crippen LogP) is 4.29. The molecule has 0 aliphatic rings. The first-order chi connectivity index (χ1) is 12.6. The number of methoxy groups -OCH3 is 1.